The number of hydrogen-bond donors (Lipinski definition) is 2. The minimum absolute atomic E-state index is 0.221. The summed E-state index contributed by atoms with van der Waals surface area (Å²) in [5.74, 6) is -0.451. The molecule has 0 heterocycles. The zero-order chi connectivity index (χ0) is 15.7. The Balaban J connectivity index is 2.25. The number of aliphatic hydroxyl groups is 1. The Morgan fingerprint density at radius 2 is 2.05 bits per heavy atom. The average Bonchev–Trinajstić information content (AvgIpc) is 2.45. The molecule has 1 rings (SSSR count). The predicted octanol–water partition coefficient (Wildman–Crippen LogP) is 2.51. The Kier molecular flexibility index (Phi) is 7.40. The quantitative estimate of drug-likeness (QED) is 0.687. The fourth-order valence-electron chi connectivity index (χ4n) is 2.14. The smallest absolute Gasteiger partial charge is 0.310 e. The third-order valence-electron chi connectivity index (χ3n) is 3.37. The van der Waals surface area contributed by atoms with E-state index in [1.165, 1.54) is 0 Å². The van der Waals surface area contributed by atoms with E-state index in [9.17, 15) is 9.90 Å². The lowest BCUT2D eigenvalue weighted by atomic mass is 10.0. The van der Waals surface area contributed by atoms with Gasteiger partial charge in [-0.3, -0.25) is 4.79 Å². The van der Waals surface area contributed by atoms with E-state index in [1.807, 2.05) is 51.1 Å². The van der Waals surface area contributed by atoms with Crippen LogP contribution < -0.4 is 5.32 Å². The molecule has 0 aliphatic carbocycles. The summed E-state index contributed by atoms with van der Waals surface area (Å²) >= 11 is 0. The average molecular weight is 293 g/mol. The van der Waals surface area contributed by atoms with Crippen LogP contribution in [-0.2, 0) is 16.1 Å². The highest BCUT2D eigenvalue weighted by Gasteiger charge is 2.20. The van der Waals surface area contributed by atoms with E-state index in [0.717, 1.165) is 18.4 Å². The van der Waals surface area contributed by atoms with Gasteiger partial charge in [0.15, 0.2) is 0 Å². The minimum atomic E-state index is -0.720. The van der Waals surface area contributed by atoms with Crippen molar-refractivity contribution in [1.29, 1.82) is 0 Å². The van der Waals surface area contributed by atoms with Gasteiger partial charge in [-0.1, -0.05) is 50.6 Å². The van der Waals surface area contributed by atoms with Gasteiger partial charge in [-0.15, -0.1) is 0 Å². The normalized spacial score (nSPS) is 15.2. The second-order valence-corrected chi connectivity index (χ2v) is 5.87. The maximum absolute atomic E-state index is 11.9. The summed E-state index contributed by atoms with van der Waals surface area (Å²) in [6, 6.07) is 9.63. The van der Waals surface area contributed by atoms with E-state index in [4.69, 9.17) is 4.74 Å². The summed E-state index contributed by atoms with van der Waals surface area (Å²) in [6.45, 7) is 6.97. The van der Waals surface area contributed by atoms with Crippen molar-refractivity contribution >= 4 is 5.97 Å². The van der Waals surface area contributed by atoms with E-state index in [0.29, 0.717) is 19.7 Å². The molecule has 2 unspecified atom stereocenters. The maximum atomic E-state index is 11.9. The predicted molar refractivity (Wildman–Crippen MR) is 83.8 cm³/mol. The van der Waals surface area contributed by atoms with Crippen LogP contribution in [0.2, 0.25) is 0 Å². The number of hydrogen-bond acceptors (Lipinski definition) is 4. The van der Waals surface area contributed by atoms with E-state index >= 15 is 0 Å². The number of carbonyl (C=O) groups is 1. The van der Waals surface area contributed by atoms with E-state index in [-0.39, 0.29) is 11.9 Å². The first-order valence-electron chi connectivity index (χ1n) is 7.58. The van der Waals surface area contributed by atoms with Crippen LogP contribution in [0.5, 0.6) is 0 Å². The van der Waals surface area contributed by atoms with Crippen molar-refractivity contribution in [3.63, 3.8) is 0 Å². The molecule has 0 bridgehead atoms. The van der Waals surface area contributed by atoms with Gasteiger partial charge < -0.3 is 15.2 Å². The Hall–Kier alpha value is -1.39. The fraction of sp³-hybridized carbons (Fsp3) is 0.588. The van der Waals surface area contributed by atoms with Crippen LogP contribution >= 0.6 is 0 Å². The van der Waals surface area contributed by atoms with Crippen LogP contribution in [-0.4, -0.2) is 29.8 Å². The molecule has 2 atom stereocenters. The Morgan fingerprint density at radius 1 is 1.38 bits per heavy atom. The number of esters is 1. The Morgan fingerprint density at radius 3 is 2.67 bits per heavy atom. The molecular formula is C17H27NO3. The molecule has 0 amide bonds. The molecule has 21 heavy (non-hydrogen) atoms. The lowest BCUT2D eigenvalue weighted by Crippen LogP contribution is -2.40. The van der Waals surface area contributed by atoms with Crippen molar-refractivity contribution < 1.29 is 14.6 Å². The standard InChI is InChI=1S/C17H27NO3/c1-4-10-17(3,20)13-18-11-14(2)16(19)21-12-15-8-6-5-7-9-15/h5-9,14,18,20H,4,10-13H2,1-3H3. The van der Waals surface area contributed by atoms with E-state index < -0.39 is 5.60 Å². The first-order chi connectivity index (χ1) is 9.94. The highest BCUT2D eigenvalue weighted by Crippen LogP contribution is 2.10. The number of ether oxygens (including phenoxy) is 1. The molecule has 0 spiro atoms. The van der Waals surface area contributed by atoms with Crippen LogP contribution in [0.25, 0.3) is 0 Å². The molecule has 0 aliphatic heterocycles. The van der Waals surface area contributed by atoms with Gasteiger partial charge in [-0.2, -0.15) is 0 Å². The lowest BCUT2D eigenvalue weighted by molar-refractivity contribution is -0.149. The highest BCUT2D eigenvalue weighted by atomic mass is 16.5. The molecule has 4 heteroatoms. The van der Waals surface area contributed by atoms with Gasteiger partial charge in [-0.25, -0.2) is 0 Å². The van der Waals surface area contributed by atoms with Crippen LogP contribution in [0.15, 0.2) is 30.3 Å². The zero-order valence-corrected chi connectivity index (χ0v) is 13.3. The molecule has 4 nitrogen and oxygen atoms in total. The monoisotopic (exact) mass is 293 g/mol. The first-order valence-corrected chi connectivity index (χ1v) is 7.58. The lowest BCUT2D eigenvalue weighted by Gasteiger charge is -2.23. The molecule has 0 aliphatic rings. The summed E-state index contributed by atoms with van der Waals surface area (Å²) in [6.07, 6.45) is 1.68. The largest absolute Gasteiger partial charge is 0.461 e. The molecule has 0 saturated heterocycles. The van der Waals surface area contributed by atoms with Crippen molar-refractivity contribution in [1.82, 2.24) is 5.32 Å². The maximum Gasteiger partial charge on any atom is 0.310 e. The summed E-state index contributed by atoms with van der Waals surface area (Å²) in [4.78, 5) is 11.9. The van der Waals surface area contributed by atoms with E-state index in [2.05, 4.69) is 5.32 Å². The second kappa shape index (κ2) is 8.80. The van der Waals surface area contributed by atoms with Crippen LogP contribution in [0.3, 0.4) is 0 Å². The molecule has 1 aromatic rings. The number of nitrogens with one attached hydrogen (secondary N) is 1. The molecule has 2 N–H and O–H groups in total. The van der Waals surface area contributed by atoms with Gasteiger partial charge in [0.05, 0.1) is 11.5 Å². The zero-order valence-electron chi connectivity index (χ0n) is 13.3. The van der Waals surface area contributed by atoms with Gasteiger partial charge in [0, 0.05) is 13.1 Å². The van der Waals surface area contributed by atoms with Crippen molar-refractivity contribution in [2.75, 3.05) is 13.1 Å². The van der Waals surface area contributed by atoms with Crippen LogP contribution in [0, 0.1) is 5.92 Å². The van der Waals surface area contributed by atoms with Gasteiger partial charge in [0.1, 0.15) is 6.61 Å². The third-order valence-corrected chi connectivity index (χ3v) is 3.37. The van der Waals surface area contributed by atoms with Crippen molar-refractivity contribution in [2.45, 2.75) is 45.8 Å². The van der Waals surface area contributed by atoms with E-state index in [1.54, 1.807) is 0 Å². The number of benzene rings is 1. The Labute approximate surface area is 127 Å². The summed E-state index contributed by atoms with van der Waals surface area (Å²) in [7, 11) is 0. The number of rotatable bonds is 9. The topological polar surface area (TPSA) is 58.6 Å². The molecule has 0 saturated carbocycles. The molecule has 0 aromatic heterocycles. The van der Waals surface area contributed by atoms with Gasteiger partial charge >= 0.3 is 5.97 Å². The third kappa shape index (κ3) is 7.25. The summed E-state index contributed by atoms with van der Waals surface area (Å²) in [5, 5.41) is 13.2. The molecular weight excluding hydrogens is 266 g/mol. The van der Waals surface area contributed by atoms with Crippen LogP contribution in [0.4, 0.5) is 0 Å². The first kappa shape index (κ1) is 17.7. The van der Waals surface area contributed by atoms with Gasteiger partial charge in [-0.05, 0) is 18.9 Å². The minimum Gasteiger partial charge on any atom is -0.461 e. The van der Waals surface area contributed by atoms with Gasteiger partial charge in [0.25, 0.3) is 0 Å². The van der Waals surface area contributed by atoms with Crippen molar-refractivity contribution in [2.24, 2.45) is 5.92 Å². The summed E-state index contributed by atoms with van der Waals surface area (Å²) < 4.78 is 5.28. The van der Waals surface area contributed by atoms with Crippen LogP contribution in [0.1, 0.15) is 39.2 Å². The highest BCUT2D eigenvalue weighted by molar-refractivity contribution is 5.72. The molecule has 0 radical (unpaired) electrons. The van der Waals surface area contributed by atoms with Crippen molar-refractivity contribution in [3.8, 4) is 0 Å². The Bertz CT molecular complexity index is 417. The molecule has 1 aromatic carbocycles. The molecule has 118 valence electrons. The second-order valence-electron chi connectivity index (χ2n) is 5.87. The van der Waals surface area contributed by atoms with Crippen molar-refractivity contribution in [3.05, 3.63) is 35.9 Å². The molecule has 0 fully saturated rings. The number of carbonyl (C=O) groups excluding carboxylic acids is 1. The SMILES string of the molecule is CCCC(C)(O)CNCC(C)C(=O)OCc1ccccc1. The van der Waals surface area contributed by atoms with Gasteiger partial charge in [0.2, 0.25) is 0 Å². The summed E-state index contributed by atoms with van der Waals surface area (Å²) in [5.41, 5.74) is 0.263. The fourth-order valence-corrected chi connectivity index (χ4v) is 2.14.